The maximum Gasteiger partial charge on any atom is 0.309 e. The first-order valence-electron chi connectivity index (χ1n) is 6.59. The summed E-state index contributed by atoms with van der Waals surface area (Å²) in [4.78, 5) is 25.5. The topological polar surface area (TPSA) is 46.6 Å². The van der Waals surface area contributed by atoms with Crippen LogP contribution in [-0.2, 0) is 16.0 Å². The highest BCUT2D eigenvalue weighted by Crippen LogP contribution is 2.31. The van der Waals surface area contributed by atoms with Crippen molar-refractivity contribution >= 4 is 33.7 Å². The zero-order chi connectivity index (χ0) is 16.3. The summed E-state index contributed by atoms with van der Waals surface area (Å²) >= 11 is 1.01. The van der Waals surface area contributed by atoms with Gasteiger partial charge in [0.1, 0.15) is 5.82 Å². The number of amides is 1. The Morgan fingerprint density at radius 1 is 1.23 bits per heavy atom. The van der Waals surface area contributed by atoms with Crippen molar-refractivity contribution in [2.24, 2.45) is 0 Å². The van der Waals surface area contributed by atoms with Crippen LogP contribution in [0.15, 0.2) is 35.2 Å². The van der Waals surface area contributed by atoms with E-state index in [1.807, 2.05) is 0 Å². The lowest BCUT2D eigenvalue weighted by molar-refractivity contribution is -0.139. The van der Waals surface area contributed by atoms with Gasteiger partial charge >= 0.3 is 5.97 Å². The van der Waals surface area contributed by atoms with Gasteiger partial charge in [0.2, 0.25) is 0 Å². The monoisotopic (exact) mass is 321 g/mol. The second-order valence-electron chi connectivity index (χ2n) is 4.97. The van der Waals surface area contributed by atoms with Crippen molar-refractivity contribution in [1.29, 1.82) is 0 Å². The van der Waals surface area contributed by atoms with Crippen LogP contribution in [0.25, 0.3) is 10.8 Å². The molecule has 0 saturated heterocycles. The summed E-state index contributed by atoms with van der Waals surface area (Å²) in [5.41, 5.74) is 0.722. The van der Waals surface area contributed by atoms with Crippen molar-refractivity contribution in [2.75, 3.05) is 21.2 Å². The van der Waals surface area contributed by atoms with Crippen LogP contribution >= 0.6 is 11.8 Å². The molecule has 0 radical (unpaired) electrons. The van der Waals surface area contributed by atoms with Crippen LogP contribution in [0.1, 0.15) is 5.56 Å². The summed E-state index contributed by atoms with van der Waals surface area (Å²) in [5.74, 6) is -0.733. The molecule has 0 spiro atoms. The molecule has 0 saturated carbocycles. The van der Waals surface area contributed by atoms with Gasteiger partial charge in [-0.2, -0.15) is 0 Å². The molecule has 0 bridgehead atoms. The molecule has 2 aromatic carbocycles. The van der Waals surface area contributed by atoms with Gasteiger partial charge in [-0.3, -0.25) is 9.59 Å². The van der Waals surface area contributed by atoms with Crippen molar-refractivity contribution in [2.45, 2.75) is 11.3 Å². The Kier molecular flexibility index (Phi) is 5.03. The molecule has 0 N–H and O–H groups in total. The molecule has 4 nitrogen and oxygen atoms in total. The minimum atomic E-state index is -0.368. The van der Waals surface area contributed by atoms with Gasteiger partial charge in [-0.05, 0) is 46.3 Å². The third kappa shape index (κ3) is 3.76. The van der Waals surface area contributed by atoms with Gasteiger partial charge < -0.3 is 9.64 Å². The van der Waals surface area contributed by atoms with Crippen molar-refractivity contribution < 1.29 is 18.7 Å². The predicted molar refractivity (Wildman–Crippen MR) is 84.6 cm³/mol. The first-order chi connectivity index (χ1) is 10.4. The Bertz CT molecular complexity index is 731. The molecule has 116 valence electrons. The number of thioether (sulfide) groups is 1. The Morgan fingerprint density at radius 2 is 1.95 bits per heavy atom. The molecule has 1 amide bonds. The molecule has 0 aliphatic carbocycles. The normalized spacial score (nSPS) is 10.5. The molecule has 0 atom stereocenters. The predicted octanol–water partition coefficient (Wildman–Crippen LogP) is 3.47. The molecule has 22 heavy (non-hydrogen) atoms. The number of benzene rings is 2. The van der Waals surface area contributed by atoms with E-state index in [2.05, 4.69) is 4.74 Å². The SMILES string of the molecule is COC(=O)Cc1cc(SC(=O)N(C)C)c2cc(F)ccc2c1. The smallest absolute Gasteiger partial charge is 0.309 e. The lowest BCUT2D eigenvalue weighted by atomic mass is 10.0. The van der Waals surface area contributed by atoms with E-state index >= 15 is 0 Å². The van der Waals surface area contributed by atoms with E-state index in [9.17, 15) is 14.0 Å². The number of hydrogen-bond acceptors (Lipinski definition) is 4. The lowest BCUT2D eigenvalue weighted by Crippen LogP contribution is -2.16. The van der Waals surface area contributed by atoms with Crippen molar-refractivity contribution in [1.82, 2.24) is 4.90 Å². The van der Waals surface area contributed by atoms with Crippen LogP contribution in [0.3, 0.4) is 0 Å². The Balaban J connectivity index is 2.51. The second-order valence-corrected chi connectivity index (χ2v) is 5.97. The first kappa shape index (κ1) is 16.3. The van der Waals surface area contributed by atoms with Crippen molar-refractivity contribution in [3.63, 3.8) is 0 Å². The summed E-state index contributed by atoms with van der Waals surface area (Å²) in [6.07, 6.45) is 0.105. The third-order valence-electron chi connectivity index (χ3n) is 3.08. The number of carbonyl (C=O) groups is 2. The molecule has 0 fully saturated rings. The van der Waals surface area contributed by atoms with Gasteiger partial charge in [0, 0.05) is 19.0 Å². The number of ether oxygens (including phenoxy) is 1. The molecule has 0 unspecified atom stereocenters. The van der Waals surface area contributed by atoms with Crippen molar-refractivity contribution in [3.05, 3.63) is 41.7 Å². The Morgan fingerprint density at radius 3 is 2.59 bits per heavy atom. The van der Waals surface area contributed by atoms with E-state index in [4.69, 9.17) is 0 Å². The summed E-state index contributed by atoms with van der Waals surface area (Å²) in [6, 6.07) is 7.91. The molecular weight excluding hydrogens is 305 g/mol. The fourth-order valence-electron chi connectivity index (χ4n) is 1.97. The molecule has 0 aromatic heterocycles. The van der Waals surface area contributed by atoms with E-state index in [0.29, 0.717) is 10.3 Å². The molecule has 6 heteroatoms. The minimum Gasteiger partial charge on any atom is -0.469 e. The number of esters is 1. The molecule has 2 aromatic rings. The fourth-order valence-corrected chi connectivity index (χ4v) is 2.83. The van der Waals surface area contributed by atoms with E-state index in [-0.39, 0.29) is 23.4 Å². The van der Waals surface area contributed by atoms with Gasteiger partial charge in [0.05, 0.1) is 13.5 Å². The van der Waals surface area contributed by atoms with E-state index in [1.165, 1.54) is 24.1 Å². The number of methoxy groups -OCH3 is 1. The second kappa shape index (κ2) is 6.79. The van der Waals surface area contributed by atoms with E-state index in [1.54, 1.807) is 32.3 Å². The minimum absolute atomic E-state index is 0.105. The van der Waals surface area contributed by atoms with Crippen LogP contribution < -0.4 is 0 Å². The summed E-state index contributed by atoms with van der Waals surface area (Å²) < 4.78 is 18.2. The summed E-state index contributed by atoms with van der Waals surface area (Å²) in [6.45, 7) is 0. The number of carbonyl (C=O) groups excluding carboxylic acids is 2. The molecule has 0 heterocycles. The average molecular weight is 321 g/mol. The Hall–Kier alpha value is -2.08. The highest BCUT2D eigenvalue weighted by Gasteiger charge is 2.13. The lowest BCUT2D eigenvalue weighted by Gasteiger charge is -2.12. The highest BCUT2D eigenvalue weighted by molar-refractivity contribution is 8.13. The van der Waals surface area contributed by atoms with Crippen LogP contribution in [0, 0.1) is 5.82 Å². The van der Waals surface area contributed by atoms with Gasteiger partial charge in [-0.25, -0.2) is 4.39 Å². The number of halogens is 1. The zero-order valence-electron chi connectivity index (χ0n) is 12.6. The molecule has 2 rings (SSSR count). The molecular formula is C16H16FNO3S. The largest absolute Gasteiger partial charge is 0.469 e. The van der Waals surface area contributed by atoms with Crippen LogP contribution in [0.5, 0.6) is 0 Å². The third-order valence-corrected chi connectivity index (χ3v) is 4.17. The number of nitrogens with zero attached hydrogens (tertiary/aromatic N) is 1. The summed E-state index contributed by atoms with van der Waals surface area (Å²) in [5, 5.41) is 1.26. The Labute approximate surface area is 132 Å². The average Bonchev–Trinajstić information content (AvgIpc) is 2.47. The molecule has 0 aliphatic rings. The van der Waals surface area contributed by atoms with Crippen molar-refractivity contribution in [3.8, 4) is 0 Å². The highest BCUT2D eigenvalue weighted by atomic mass is 32.2. The van der Waals surface area contributed by atoms with E-state index < -0.39 is 0 Å². The van der Waals surface area contributed by atoms with Crippen LogP contribution in [0.2, 0.25) is 0 Å². The van der Waals surface area contributed by atoms with Gasteiger partial charge in [-0.15, -0.1) is 0 Å². The standard InChI is InChI=1S/C16H16FNO3S/c1-18(2)16(20)22-14-7-10(8-15(19)21-3)6-11-4-5-12(17)9-13(11)14/h4-7,9H,8H2,1-3H3. The zero-order valence-corrected chi connectivity index (χ0v) is 13.4. The van der Waals surface area contributed by atoms with Gasteiger partial charge in [0.15, 0.2) is 0 Å². The van der Waals surface area contributed by atoms with Crippen LogP contribution in [0.4, 0.5) is 9.18 Å². The number of rotatable bonds is 3. The summed E-state index contributed by atoms with van der Waals surface area (Å²) in [7, 11) is 4.62. The quantitative estimate of drug-likeness (QED) is 0.641. The maximum atomic E-state index is 13.5. The maximum absolute atomic E-state index is 13.5. The first-order valence-corrected chi connectivity index (χ1v) is 7.40. The van der Waals surface area contributed by atoms with Gasteiger partial charge in [0.25, 0.3) is 5.24 Å². The fraction of sp³-hybridized carbons (Fsp3) is 0.250. The van der Waals surface area contributed by atoms with E-state index in [0.717, 1.165) is 22.7 Å². The van der Waals surface area contributed by atoms with Gasteiger partial charge in [-0.1, -0.05) is 12.1 Å². The number of fused-ring (bicyclic) bond motifs is 1. The van der Waals surface area contributed by atoms with Crippen LogP contribution in [-0.4, -0.2) is 37.3 Å². The molecule has 0 aliphatic heterocycles. The number of hydrogen-bond donors (Lipinski definition) is 0.